The Morgan fingerprint density at radius 1 is 1.04 bits per heavy atom. The molecular weight excluding hydrogens is 454 g/mol. The Hall–Kier alpha value is 0.450. The highest BCUT2D eigenvalue weighted by molar-refractivity contribution is 8.03. The van der Waals surface area contributed by atoms with Crippen molar-refractivity contribution in [1.29, 1.82) is 0 Å². The predicted molar refractivity (Wildman–Crippen MR) is 100 cm³/mol. The van der Waals surface area contributed by atoms with Crippen molar-refractivity contribution in [3.05, 3.63) is 30.3 Å². The zero-order valence-corrected chi connectivity index (χ0v) is 17.2. The Kier molecular flexibility index (Phi) is 5.74. The molecule has 0 N–H and O–H groups in total. The Morgan fingerprint density at radius 2 is 1.65 bits per heavy atom. The van der Waals surface area contributed by atoms with Crippen LogP contribution in [0.4, 0.5) is 17.6 Å². The summed E-state index contributed by atoms with van der Waals surface area (Å²) < 4.78 is 54.1. The number of rotatable bonds is 4. The van der Waals surface area contributed by atoms with Crippen LogP contribution < -0.4 is 0 Å². The highest BCUT2D eigenvalue weighted by Gasteiger charge is 2.72. The first kappa shape index (κ1) is 21.2. The first-order valence-electron chi connectivity index (χ1n) is 8.15. The molecule has 3 rings (SSSR count). The average molecular weight is 470 g/mol. The van der Waals surface area contributed by atoms with Crippen LogP contribution in [0.2, 0.25) is 0 Å². The van der Waals surface area contributed by atoms with Gasteiger partial charge in [0.25, 0.3) is 11.8 Å². The molecule has 0 amide bonds. The van der Waals surface area contributed by atoms with Crippen molar-refractivity contribution < 1.29 is 17.6 Å². The summed E-state index contributed by atoms with van der Waals surface area (Å²) in [6.07, 6.45) is 0.154. The van der Waals surface area contributed by atoms with Crippen molar-refractivity contribution in [1.82, 2.24) is 0 Å². The molecule has 0 bridgehead atoms. The third kappa shape index (κ3) is 3.45. The molecule has 2 fully saturated rings. The number of benzene rings is 1. The summed E-state index contributed by atoms with van der Waals surface area (Å²) >= 11 is 24.6. The van der Waals surface area contributed by atoms with E-state index in [0.717, 1.165) is 0 Å². The summed E-state index contributed by atoms with van der Waals surface area (Å²) in [5.41, 5.74) is 0. The van der Waals surface area contributed by atoms with Gasteiger partial charge in [-0.3, -0.25) is 0 Å². The maximum absolute atomic E-state index is 15.4. The van der Waals surface area contributed by atoms with Crippen LogP contribution in [0, 0.1) is 17.8 Å². The number of thioether (sulfide) groups is 1. The lowest BCUT2D eigenvalue weighted by molar-refractivity contribution is -0.100. The lowest BCUT2D eigenvalue weighted by atomic mass is 9.71. The molecule has 0 aliphatic heterocycles. The topological polar surface area (TPSA) is 0 Å². The van der Waals surface area contributed by atoms with Crippen molar-refractivity contribution in [3.63, 3.8) is 0 Å². The summed E-state index contributed by atoms with van der Waals surface area (Å²) in [5, 5.41) is 0. The van der Waals surface area contributed by atoms with E-state index in [9.17, 15) is 8.78 Å². The second-order valence-electron chi connectivity index (χ2n) is 6.91. The van der Waals surface area contributed by atoms with E-state index in [4.69, 9.17) is 46.4 Å². The molecule has 9 heteroatoms. The first-order chi connectivity index (χ1) is 11.9. The van der Waals surface area contributed by atoms with Crippen LogP contribution in [-0.2, 0) is 0 Å². The smallest absolute Gasteiger partial charge is 0.203 e. The van der Waals surface area contributed by atoms with Crippen molar-refractivity contribution in [2.75, 3.05) is 0 Å². The fraction of sp³-hybridized carbons (Fsp3) is 0.647. The molecular formula is C17H16Cl4F4S. The van der Waals surface area contributed by atoms with Gasteiger partial charge in [0.2, 0.25) is 3.67 Å². The Morgan fingerprint density at radius 3 is 2.27 bits per heavy atom. The normalized spacial score (nSPS) is 30.8. The van der Waals surface area contributed by atoms with E-state index in [0.29, 0.717) is 29.5 Å². The van der Waals surface area contributed by atoms with Gasteiger partial charge in [0, 0.05) is 23.2 Å². The number of halogens is 8. The van der Waals surface area contributed by atoms with Gasteiger partial charge in [0.1, 0.15) is 0 Å². The molecule has 3 atom stereocenters. The van der Waals surface area contributed by atoms with Gasteiger partial charge in [-0.1, -0.05) is 82.8 Å². The monoisotopic (exact) mass is 468 g/mol. The summed E-state index contributed by atoms with van der Waals surface area (Å²) in [5.74, 6) is -10.6. The Labute approximate surface area is 173 Å². The molecule has 0 heterocycles. The number of fused-ring (bicyclic) bond motifs is 1. The number of alkyl halides is 8. The zero-order chi connectivity index (χ0) is 19.4. The zero-order valence-electron chi connectivity index (χ0n) is 13.4. The van der Waals surface area contributed by atoms with Gasteiger partial charge < -0.3 is 0 Å². The van der Waals surface area contributed by atoms with Crippen LogP contribution in [0.3, 0.4) is 0 Å². The molecule has 1 aromatic rings. The molecule has 0 spiro atoms. The van der Waals surface area contributed by atoms with Crippen LogP contribution in [0.1, 0.15) is 25.7 Å². The van der Waals surface area contributed by atoms with E-state index in [1.807, 2.05) is 0 Å². The summed E-state index contributed by atoms with van der Waals surface area (Å²) in [4.78, 5) is 0.448. The van der Waals surface area contributed by atoms with Gasteiger partial charge >= 0.3 is 0 Å². The average Bonchev–Trinajstić information content (AvgIpc) is 2.72. The van der Waals surface area contributed by atoms with Gasteiger partial charge in [-0.05, 0) is 30.9 Å². The molecule has 26 heavy (non-hydrogen) atoms. The van der Waals surface area contributed by atoms with Gasteiger partial charge in [-0.25, -0.2) is 17.6 Å². The third-order valence-corrected chi connectivity index (χ3v) is 8.36. The maximum Gasteiger partial charge on any atom is 0.293 e. The van der Waals surface area contributed by atoms with Gasteiger partial charge in [-0.15, -0.1) is 0 Å². The summed E-state index contributed by atoms with van der Waals surface area (Å²) in [7, 11) is 0. The second kappa shape index (κ2) is 7.05. The molecule has 0 unspecified atom stereocenters. The van der Waals surface area contributed by atoms with Crippen molar-refractivity contribution in [3.8, 4) is 0 Å². The van der Waals surface area contributed by atoms with Crippen LogP contribution in [0.15, 0.2) is 35.2 Å². The first-order valence-corrected chi connectivity index (χ1v) is 10.5. The number of hydrogen-bond acceptors (Lipinski definition) is 1. The molecule has 2 aliphatic carbocycles. The van der Waals surface area contributed by atoms with Crippen LogP contribution in [0.25, 0.3) is 0 Å². The van der Waals surface area contributed by atoms with Crippen molar-refractivity contribution in [2.24, 2.45) is 17.8 Å². The molecule has 146 valence electrons. The predicted octanol–water partition coefficient (Wildman–Crippen LogP) is 7.79. The molecule has 0 aromatic heterocycles. The van der Waals surface area contributed by atoms with E-state index in [2.05, 4.69) is 0 Å². The molecule has 0 nitrogen and oxygen atoms in total. The number of hydrogen-bond donors (Lipinski definition) is 0. The molecule has 2 aliphatic rings. The Balaban J connectivity index is 1.92. The van der Waals surface area contributed by atoms with Crippen LogP contribution in [0.5, 0.6) is 0 Å². The molecule has 0 radical (unpaired) electrons. The van der Waals surface area contributed by atoms with Gasteiger partial charge in [0.15, 0.2) is 4.33 Å². The lowest BCUT2D eigenvalue weighted by Crippen LogP contribution is -2.52. The fourth-order valence-corrected chi connectivity index (χ4v) is 6.61. The van der Waals surface area contributed by atoms with Crippen LogP contribution in [-0.4, -0.2) is 19.8 Å². The van der Waals surface area contributed by atoms with Crippen LogP contribution >= 0.6 is 58.2 Å². The minimum Gasteiger partial charge on any atom is -0.203 e. The van der Waals surface area contributed by atoms with E-state index in [1.165, 1.54) is 0 Å². The SMILES string of the molecule is FC1(F)C[C@@H]2CCC[C@@H](C(F)(F)C(Cl)(Cl)Sc3ccccc3)[C@@H]2C1(Cl)Cl. The summed E-state index contributed by atoms with van der Waals surface area (Å²) in [6.45, 7) is 0. The molecule has 1 aromatic carbocycles. The summed E-state index contributed by atoms with van der Waals surface area (Å²) in [6, 6.07) is 8.26. The standard InChI is InChI=1S/C17H16Cl4F4S/c18-15(19)13-10(9-14(15,22)23)5-4-8-12(13)16(24,25)17(20,21)26-11-6-2-1-3-7-11/h1-3,6-7,10,12-13H,4-5,8-9H2/t10-,12+,13+/m0/s1. The minimum absolute atomic E-state index is 0.0119. The van der Waals surface area contributed by atoms with Crippen molar-refractivity contribution in [2.45, 2.75) is 50.4 Å². The van der Waals surface area contributed by atoms with Gasteiger partial charge in [-0.2, -0.15) is 0 Å². The van der Waals surface area contributed by atoms with E-state index < -0.39 is 44.0 Å². The highest BCUT2D eigenvalue weighted by Crippen LogP contribution is 2.67. The Bertz CT molecular complexity index is 653. The second-order valence-corrected chi connectivity index (χ2v) is 11.4. The largest absolute Gasteiger partial charge is 0.293 e. The van der Waals surface area contributed by atoms with Gasteiger partial charge in [0.05, 0.1) is 0 Å². The third-order valence-electron chi connectivity index (χ3n) is 5.30. The molecule has 2 saturated carbocycles. The fourth-order valence-electron chi connectivity index (χ4n) is 4.10. The maximum atomic E-state index is 15.4. The van der Waals surface area contributed by atoms with E-state index >= 15 is 8.78 Å². The highest BCUT2D eigenvalue weighted by atomic mass is 35.5. The van der Waals surface area contributed by atoms with Crippen molar-refractivity contribution >= 4 is 58.2 Å². The van der Waals surface area contributed by atoms with E-state index in [-0.39, 0.29) is 6.42 Å². The minimum atomic E-state index is -3.67. The lowest BCUT2D eigenvalue weighted by Gasteiger charge is -2.45. The molecule has 0 saturated heterocycles. The quantitative estimate of drug-likeness (QED) is 0.246. The van der Waals surface area contributed by atoms with E-state index in [1.54, 1.807) is 30.3 Å².